The summed E-state index contributed by atoms with van der Waals surface area (Å²) in [5.41, 5.74) is 0.614. The maximum atomic E-state index is 10.9. The van der Waals surface area contributed by atoms with Crippen LogP contribution in [0.3, 0.4) is 0 Å². The SMILES string of the molecule is C=C(C)C(=O)OCC(O)C(O)C(O)CO.C=C(C)C(=O)OCCN(C)C. The van der Waals surface area contributed by atoms with E-state index >= 15 is 0 Å². The molecule has 0 aliphatic carbocycles. The van der Waals surface area contributed by atoms with Gasteiger partial charge in [0, 0.05) is 17.7 Å². The second-order valence-corrected chi connectivity index (χ2v) is 5.91. The third-order valence-electron chi connectivity index (χ3n) is 2.83. The molecule has 0 aromatic rings. The highest BCUT2D eigenvalue weighted by Gasteiger charge is 2.25. The Labute approximate surface area is 154 Å². The summed E-state index contributed by atoms with van der Waals surface area (Å²) in [5.74, 6) is -1.01. The van der Waals surface area contributed by atoms with Crippen molar-refractivity contribution >= 4 is 11.9 Å². The number of likely N-dealkylation sites (N-methyl/N-ethyl adjacent to an activating group) is 1. The van der Waals surface area contributed by atoms with E-state index in [-0.39, 0.29) is 11.5 Å². The molecule has 0 fully saturated rings. The predicted octanol–water partition coefficient (Wildman–Crippen LogP) is -1.15. The van der Waals surface area contributed by atoms with E-state index in [9.17, 15) is 14.7 Å². The van der Waals surface area contributed by atoms with Gasteiger partial charge in [-0.2, -0.15) is 0 Å². The molecule has 0 radical (unpaired) electrons. The molecular weight excluding hydrogens is 346 g/mol. The highest BCUT2D eigenvalue weighted by Crippen LogP contribution is 2.02. The Kier molecular flexibility index (Phi) is 14.6. The van der Waals surface area contributed by atoms with Crippen LogP contribution in [-0.4, -0.2) is 96.0 Å². The molecule has 0 aromatic heterocycles. The number of aliphatic hydroxyl groups excluding tert-OH is 4. The molecule has 3 unspecified atom stereocenters. The third kappa shape index (κ3) is 13.5. The van der Waals surface area contributed by atoms with Crippen LogP contribution in [-0.2, 0) is 19.1 Å². The zero-order chi connectivity index (χ0) is 20.9. The van der Waals surface area contributed by atoms with Gasteiger partial charge in [0.25, 0.3) is 0 Å². The normalized spacial score (nSPS) is 13.7. The van der Waals surface area contributed by atoms with Crippen LogP contribution in [0.1, 0.15) is 13.8 Å². The van der Waals surface area contributed by atoms with E-state index in [2.05, 4.69) is 17.9 Å². The van der Waals surface area contributed by atoms with Crippen LogP contribution >= 0.6 is 0 Å². The van der Waals surface area contributed by atoms with Gasteiger partial charge in [-0.25, -0.2) is 9.59 Å². The number of carbonyl (C=O) groups excluding carboxylic acids is 2. The number of hydrogen-bond acceptors (Lipinski definition) is 9. The summed E-state index contributed by atoms with van der Waals surface area (Å²) < 4.78 is 9.37. The van der Waals surface area contributed by atoms with Crippen molar-refractivity contribution in [2.75, 3.05) is 40.5 Å². The number of aliphatic hydroxyl groups is 4. The van der Waals surface area contributed by atoms with E-state index in [1.54, 1.807) is 6.92 Å². The standard InChI is InChI=1S/C9H16O6.C8H15NO2/c1-5(2)9(14)15-4-7(12)8(13)6(11)3-10;1-7(2)8(10)11-6-5-9(3)4/h6-8,10-13H,1,3-4H2,2H3;1,5-6H2,2-4H3. The van der Waals surface area contributed by atoms with Crippen molar-refractivity contribution in [2.24, 2.45) is 0 Å². The van der Waals surface area contributed by atoms with E-state index in [1.807, 2.05) is 19.0 Å². The summed E-state index contributed by atoms with van der Waals surface area (Å²) in [6.07, 6.45) is -4.48. The lowest BCUT2D eigenvalue weighted by molar-refractivity contribution is -0.148. The number of nitrogens with zero attached hydrogens (tertiary/aromatic N) is 1. The van der Waals surface area contributed by atoms with E-state index in [4.69, 9.17) is 20.1 Å². The molecule has 0 amide bonds. The number of hydrogen-bond donors (Lipinski definition) is 4. The molecule has 0 aliphatic heterocycles. The number of ether oxygens (including phenoxy) is 2. The van der Waals surface area contributed by atoms with Gasteiger partial charge in [-0.1, -0.05) is 13.2 Å². The maximum absolute atomic E-state index is 10.9. The van der Waals surface area contributed by atoms with Gasteiger partial charge in [-0.3, -0.25) is 0 Å². The molecule has 0 aromatic carbocycles. The van der Waals surface area contributed by atoms with Crippen LogP contribution < -0.4 is 0 Å². The monoisotopic (exact) mass is 377 g/mol. The quantitative estimate of drug-likeness (QED) is 0.275. The highest BCUT2D eigenvalue weighted by atomic mass is 16.5. The van der Waals surface area contributed by atoms with Crippen molar-refractivity contribution < 1.29 is 39.5 Å². The van der Waals surface area contributed by atoms with Crippen LogP contribution in [0.4, 0.5) is 0 Å². The summed E-state index contributed by atoms with van der Waals surface area (Å²) in [6.45, 7) is 9.88. The van der Waals surface area contributed by atoms with Gasteiger partial charge in [0.1, 0.15) is 31.5 Å². The average Bonchev–Trinajstić information content (AvgIpc) is 2.57. The van der Waals surface area contributed by atoms with Crippen molar-refractivity contribution in [3.05, 3.63) is 24.3 Å². The molecule has 9 heteroatoms. The lowest BCUT2D eigenvalue weighted by Crippen LogP contribution is -2.42. The molecular formula is C17H31NO8. The Bertz CT molecular complexity index is 464. The molecule has 0 bridgehead atoms. The van der Waals surface area contributed by atoms with Crippen molar-refractivity contribution in [3.8, 4) is 0 Å². The fraction of sp³-hybridized carbons (Fsp3) is 0.647. The Hall–Kier alpha value is -1.78. The lowest BCUT2D eigenvalue weighted by Gasteiger charge is -2.21. The summed E-state index contributed by atoms with van der Waals surface area (Å²) >= 11 is 0. The van der Waals surface area contributed by atoms with Crippen molar-refractivity contribution in [1.29, 1.82) is 0 Å². The van der Waals surface area contributed by atoms with Crippen LogP contribution in [0, 0.1) is 0 Å². The van der Waals surface area contributed by atoms with E-state index < -0.39 is 37.5 Å². The maximum Gasteiger partial charge on any atom is 0.333 e. The molecule has 152 valence electrons. The molecule has 0 aliphatic rings. The summed E-state index contributed by atoms with van der Waals surface area (Å²) in [4.78, 5) is 23.6. The number of rotatable bonds is 10. The third-order valence-corrected chi connectivity index (χ3v) is 2.83. The lowest BCUT2D eigenvalue weighted by atomic mass is 10.1. The summed E-state index contributed by atoms with van der Waals surface area (Å²) in [5, 5.41) is 35.8. The predicted molar refractivity (Wildman–Crippen MR) is 95.2 cm³/mol. The second kappa shape index (κ2) is 14.4. The highest BCUT2D eigenvalue weighted by molar-refractivity contribution is 5.87. The Morgan fingerprint density at radius 3 is 1.81 bits per heavy atom. The first-order valence-corrected chi connectivity index (χ1v) is 7.89. The van der Waals surface area contributed by atoms with Crippen LogP contribution in [0.25, 0.3) is 0 Å². The fourth-order valence-corrected chi connectivity index (χ4v) is 1.19. The van der Waals surface area contributed by atoms with Gasteiger partial charge < -0.3 is 34.8 Å². The van der Waals surface area contributed by atoms with Crippen molar-refractivity contribution in [3.63, 3.8) is 0 Å². The Balaban J connectivity index is 0. The first kappa shape index (κ1) is 26.4. The molecule has 26 heavy (non-hydrogen) atoms. The van der Waals surface area contributed by atoms with Crippen molar-refractivity contribution in [2.45, 2.75) is 32.2 Å². The molecule has 9 nitrogen and oxygen atoms in total. The number of esters is 2. The molecule has 4 N–H and O–H groups in total. The van der Waals surface area contributed by atoms with E-state index in [0.717, 1.165) is 6.54 Å². The minimum atomic E-state index is -1.56. The van der Waals surface area contributed by atoms with E-state index in [0.29, 0.717) is 12.2 Å². The molecule has 3 atom stereocenters. The van der Waals surface area contributed by atoms with Gasteiger partial charge in [-0.05, 0) is 27.9 Å². The molecule has 0 rings (SSSR count). The van der Waals surface area contributed by atoms with Gasteiger partial charge in [-0.15, -0.1) is 0 Å². The van der Waals surface area contributed by atoms with Crippen LogP contribution in [0.15, 0.2) is 24.3 Å². The van der Waals surface area contributed by atoms with Gasteiger partial charge >= 0.3 is 11.9 Å². The Morgan fingerprint density at radius 1 is 0.962 bits per heavy atom. The topological polar surface area (TPSA) is 137 Å². The zero-order valence-electron chi connectivity index (χ0n) is 15.8. The van der Waals surface area contributed by atoms with E-state index in [1.165, 1.54) is 6.92 Å². The largest absolute Gasteiger partial charge is 0.461 e. The van der Waals surface area contributed by atoms with Gasteiger partial charge in [0.05, 0.1) is 6.61 Å². The van der Waals surface area contributed by atoms with Gasteiger partial charge in [0.15, 0.2) is 0 Å². The fourth-order valence-electron chi connectivity index (χ4n) is 1.19. The molecule has 0 heterocycles. The van der Waals surface area contributed by atoms with Crippen molar-refractivity contribution in [1.82, 2.24) is 4.90 Å². The Morgan fingerprint density at radius 2 is 1.42 bits per heavy atom. The minimum absolute atomic E-state index is 0.166. The second-order valence-electron chi connectivity index (χ2n) is 5.91. The first-order valence-electron chi connectivity index (χ1n) is 7.89. The van der Waals surface area contributed by atoms with Crippen LogP contribution in [0.5, 0.6) is 0 Å². The average molecular weight is 377 g/mol. The van der Waals surface area contributed by atoms with Gasteiger partial charge in [0.2, 0.25) is 0 Å². The summed E-state index contributed by atoms with van der Waals surface area (Å²) in [7, 11) is 3.85. The van der Waals surface area contributed by atoms with Crippen LogP contribution in [0.2, 0.25) is 0 Å². The molecule has 0 saturated carbocycles. The summed E-state index contributed by atoms with van der Waals surface area (Å²) in [6, 6.07) is 0. The number of carbonyl (C=O) groups is 2. The molecule has 0 saturated heterocycles. The smallest absolute Gasteiger partial charge is 0.333 e. The first-order chi connectivity index (χ1) is 11.9. The molecule has 0 spiro atoms. The zero-order valence-corrected chi connectivity index (χ0v) is 15.8. The minimum Gasteiger partial charge on any atom is -0.461 e.